The number of pyridine rings is 1. The number of nitrogens with zero attached hydrogens (tertiary/aromatic N) is 4. The number of fused-ring (bicyclic) bond motifs is 1. The number of carbonyl (C=O) groups is 1. The first-order chi connectivity index (χ1) is 16.5. The Hall–Kier alpha value is -3.33. The second kappa shape index (κ2) is 8.16. The minimum atomic E-state index is -0.697. The molecule has 2 saturated heterocycles. The molecule has 34 heavy (non-hydrogen) atoms. The Balaban J connectivity index is 1.34. The van der Waals surface area contributed by atoms with Crippen LogP contribution in [0, 0.1) is 17.0 Å². The van der Waals surface area contributed by atoms with Crippen molar-refractivity contribution in [3.8, 4) is 16.9 Å². The van der Waals surface area contributed by atoms with Gasteiger partial charge in [-0.1, -0.05) is 6.07 Å². The van der Waals surface area contributed by atoms with Gasteiger partial charge < -0.3 is 19.5 Å². The molecule has 2 fully saturated rings. The number of ether oxygens (including phenoxy) is 1. The maximum atomic E-state index is 14.5. The number of aromatic nitrogens is 3. The number of hydrogen-bond donors (Lipinski definition) is 1. The van der Waals surface area contributed by atoms with Crippen LogP contribution in [0.2, 0.25) is 0 Å². The SMILES string of the molecule is O=C1NCc2nc(-c3c(F)cccc3F)cc(-n3cnc(N4CCC5(CCOCC5)CC4)c3)c21. The lowest BCUT2D eigenvalue weighted by Crippen LogP contribution is -2.43. The number of rotatable bonds is 3. The highest BCUT2D eigenvalue weighted by molar-refractivity contribution is 6.01. The number of amides is 1. The Morgan fingerprint density at radius 3 is 2.50 bits per heavy atom. The summed E-state index contributed by atoms with van der Waals surface area (Å²) in [5.41, 5.74) is 1.70. The van der Waals surface area contributed by atoms with Gasteiger partial charge in [-0.3, -0.25) is 4.79 Å². The molecule has 0 unspecified atom stereocenters. The summed E-state index contributed by atoms with van der Waals surface area (Å²) in [4.78, 5) is 23.8. The van der Waals surface area contributed by atoms with E-state index in [0.717, 1.165) is 57.8 Å². The number of benzene rings is 1. The molecule has 2 aromatic heterocycles. The summed E-state index contributed by atoms with van der Waals surface area (Å²) in [7, 11) is 0. The monoisotopic (exact) mass is 465 g/mol. The van der Waals surface area contributed by atoms with Crippen LogP contribution in [0.4, 0.5) is 14.6 Å². The van der Waals surface area contributed by atoms with Crippen LogP contribution in [0.15, 0.2) is 36.8 Å². The third-order valence-electron chi connectivity index (χ3n) is 7.48. The molecule has 9 heteroatoms. The molecule has 176 valence electrons. The zero-order valence-corrected chi connectivity index (χ0v) is 18.7. The van der Waals surface area contributed by atoms with Crippen LogP contribution in [-0.4, -0.2) is 46.7 Å². The van der Waals surface area contributed by atoms with Crippen LogP contribution in [0.1, 0.15) is 41.7 Å². The molecule has 3 aliphatic heterocycles. The lowest BCUT2D eigenvalue weighted by atomic mass is 9.72. The van der Waals surface area contributed by atoms with Gasteiger partial charge in [-0.05, 0) is 49.3 Å². The maximum absolute atomic E-state index is 14.5. The fraction of sp³-hybridized carbons (Fsp3) is 0.400. The summed E-state index contributed by atoms with van der Waals surface area (Å²) >= 11 is 0. The second-order valence-corrected chi connectivity index (χ2v) is 9.37. The van der Waals surface area contributed by atoms with Crippen LogP contribution in [0.5, 0.6) is 0 Å². The molecule has 1 aromatic carbocycles. The van der Waals surface area contributed by atoms with Crippen molar-refractivity contribution in [3.05, 3.63) is 59.7 Å². The number of carbonyl (C=O) groups excluding carboxylic acids is 1. The first-order valence-electron chi connectivity index (χ1n) is 11.7. The largest absolute Gasteiger partial charge is 0.381 e. The third-order valence-corrected chi connectivity index (χ3v) is 7.48. The Labute approximate surface area is 195 Å². The number of halogens is 2. The molecule has 1 N–H and O–H groups in total. The summed E-state index contributed by atoms with van der Waals surface area (Å²) in [5.74, 6) is -0.827. The molecule has 0 saturated carbocycles. The predicted octanol–water partition coefficient (Wildman–Crippen LogP) is 3.85. The van der Waals surface area contributed by atoms with E-state index >= 15 is 0 Å². The van der Waals surface area contributed by atoms with E-state index in [-0.39, 0.29) is 23.7 Å². The number of anilines is 1. The Morgan fingerprint density at radius 1 is 1.03 bits per heavy atom. The van der Waals surface area contributed by atoms with Crippen LogP contribution in [-0.2, 0) is 11.3 Å². The highest BCUT2D eigenvalue weighted by Crippen LogP contribution is 2.41. The summed E-state index contributed by atoms with van der Waals surface area (Å²) in [6, 6.07) is 5.28. The van der Waals surface area contributed by atoms with E-state index < -0.39 is 11.6 Å². The normalized spacial score (nSPS) is 19.4. The van der Waals surface area contributed by atoms with Crippen molar-refractivity contribution in [3.63, 3.8) is 0 Å². The van der Waals surface area contributed by atoms with Gasteiger partial charge in [0, 0.05) is 26.3 Å². The molecule has 3 aromatic rings. The molecule has 3 aliphatic rings. The number of hydrogen-bond acceptors (Lipinski definition) is 5. The lowest BCUT2D eigenvalue weighted by Gasteiger charge is -2.44. The van der Waals surface area contributed by atoms with Gasteiger partial charge in [-0.25, -0.2) is 18.7 Å². The lowest BCUT2D eigenvalue weighted by molar-refractivity contribution is 0.00206. The van der Waals surface area contributed by atoms with Crippen molar-refractivity contribution >= 4 is 11.7 Å². The van der Waals surface area contributed by atoms with Gasteiger partial charge in [0.1, 0.15) is 23.8 Å². The average Bonchev–Trinajstić information content (AvgIpc) is 3.47. The molecule has 1 amide bonds. The second-order valence-electron chi connectivity index (χ2n) is 9.37. The molecule has 5 heterocycles. The van der Waals surface area contributed by atoms with Gasteiger partial charge in [0.05, 0.1) is 40.9 Å². The van der Waals surface area contributed by atoms with Crippen LogP contribution >= 0.6 is 0 Å². The van der Waals surface area contributed by atoms with Crippen molar-refractivity contribution in [2.45, 2.75) is 32.2 Å². The van der Waals surface area contributed by atoms with Crippen LogP contribution in [0.3, 0.4) is 0 Å². The van der Waals surface area contributed by atoms with Gasteiger partial charge in [-0.2, -0.15) is 0 Å². The van der Waals surface area contributed by atoms with E-state index in [1.807, 2.05) is 6.20 Å². The third kappa shape index (κ3) is 3.55. The quantitative estimate of drug-likeness (QED) is 0.636. The van der Waals surface area contributed by atoms with E-state index in [9.17, 15) is 13.6 Å². The first kappa shape index (κ1) is 21.2. The molecular weight excluding hydrogens is 440 g/mol. The fourth-order valence-corrected chi connectivity index (χ4v) is 5.41. The van der Waals surface area contributed by atoms with E-state index in [0.29, 0.717) is 22.4 Å². The number of imidazole rings is 1. The standard InChI is InChI=1S/C25H25F2N5O2/c26-16-2-1-3-17(27)22(16)18-12-20(23-19(30-18)13-28-24(23)33)32-14-21(29-15-32)31-8-4-25(5-9-31)6-10-34-11-7-25/h1-3,12,14-15H,4-11,13H2,(H,28,33). The Morgan fingerprint density at radius 2 is 1.76 bits per heavy atom. The van der Waals surface area contributed by atoms with Crippen LogP contribution < -0.4 is 10.2 Å². The first-order valence-corrected chi connectivity index (χ1v) is 11.7. The highest BCUT2D eigenvalue weighted by Gasteiger charge is 2.36. The van der Waals surface area contributed by atoms with E-state index in [1.165, 1.54) is 18.2 Å². The molecule has 7 nitrogen and oxygen atoms in total. The molecule has 6 rings (SSSR count). The van der Waals surface area contributed by atoms with E-state index in [2.05, 4.69) is 20.2 Å². The van der Waals surface area contributed by atoms with Crippen molar-refractivity contribution in [1.29, 1.82) is 0 Å². The summed E-state index contributed by atoms with van der Waals surface area (Å²) in [5, 5.41) is 2.76. The molecule has 1 spiro atoms. The molecular formula is C25H25F2N5O2. The van der Waals surface area contributed by atoms with Gasteiger partial charge in [0.15, 0.2) is 0 Å². The molecule has 0 aliphatic carbocycles. The number of nitrogens with one attached hydrogen (secondary N) is 1. The van der Waals surface area contributed by atoms with Crippen LogP contribution in [0.25, 0.3) is 16.9 Å². The molecule has 0 radical (unpaired) electrons. The van der Waals surface area contributed by atoms with Gasteiger partial charge in [-0.15, -0.1) is 0 Å². The zero-order chi connectivity index (χ0) is 23.3. The van der Waals surface area contributed by atoms with Gasteiger partial charge in [0.2, 0.25) is 0 Å². The van der Waals surface area contributed by atoms with Crippen molar-refractivity contribution < 1.29 is 18.3 Å². The van der Waals surface area contributed by atoms with E-state index in [4.69, 9.17) is 4.74 Å². The average molecular weight is 466 g/mol. The minimum absolute atomic E-state index is 0.149. The van der Waals surface area contributed by atoms with E-state index in [1.54, 1.807) is 17.0 Å². The van der Waals surface area contributed by atoms with Gasteiger partial charge in [0.25, 0.3) is 5.91 Å². The predicted molar refractivity (Wildman–Crippen MR) is 122 cm³/mol. The Bertz CT molecular complexity index is 1240. The Kier molecular flexibility index (Phi) is 5.09. The maximum Gasteiger partial charge on any atom is 0.255 e. The fourth-order valence-electron chi connectivity index (χ4n) is 5.41. The van der Waals surface area contributed by atoms with Crippen molar-refractivity contribution in [2.24, 2.45) is 5.41 Å². The minimum Gasteiger partial charge on any atom is -0.381 e. The smallest absolute Gasteiger partial charge is 0.255 e. The molecule has 0 bridgehead atoms. The van der Waals surface area contributed by atoms with Crippen molar-refractivity contribution in [2.75, 3.05) is 31.2 Å². The topological polar surface area (TPSA) is 72.3 Å². The molecule has 0 atom stereocenters. The van der Waals surface area contributed by atoms with Crippen molar-refractivity contribution in [1.82, 2.24) is 19.9 Å². The zero-order valence-electron chi connectivity index (χ0n) is 18.7. The summed E-state index contributed by atoms with van der Waals surface area (Å²) < 4.78 is 36.3. The number of piperidine rings is 1. The summed E-state index contributed by atoms with van der Waals surface area (Å²) in [6.45, 7) is 3.73. The summed E-state index contributed by atoms with van der Waals surface area (Å²) in [6.07, 6.45) is 7.97. The highest BCUT2D eigenvalue weighted by atomic mass is 19.1. The van der Waals surface area contributed by atoms with Gasteiger partial charge >= 0.3 is 0 Å².